The maximum Gasteiger partial charge on any atom is 0.139 e. The Morgan fingerprint density at radius 2 is 1.00 bits per heavy atom. The van der Waals surface area contributed by atoms with Gasteiger partial charge in [0.2, 0.25) is 0 Å². The smallest absolute Gasteiger partial charge is 0.139 e. The van der Waals surface area contributed by atoms with Crippen LogP contribution in [0.3, 0.4) is 0 Å². The van der Waals surface area contributed by atoms with Gasteiger partial charge in [0.25, 0.3) is 0 Å². The van der Waals surface area contributed by atoms with Crippen LogP contribution in [0.25, 0.3) is 0 Å². The molecule has 0 amide bonds. The first-order chi connectivity index (χ1) is 8.53. The molecule has 2 N–H and O–H groups in total. The highest BCUT2D eigenvalue weighted by Crippen LogP contribution is 2.16. The zero-order chi connectivity index (χ0) is 14.2. The molecule has 0 saturated carbocycles. The van der Waals surface area contributed by atoms with Crippen molar-refractivity contribution in [1.82, 2.24) is 14.7 Å². The first kappa shape index (κ1) is 17.8. The van der Waals surface area contributed by atoms with Crippen molar-refractivity contribution >= 4 is 0 Å². The Labute approximate surface area is 114 Å². The highest BCUT2D eigenvalue weighted by atomic mass is 15.5. The van der Waals surface area contributed by atoms with Crippen LogP contribution >= 0.6 is 0 Å². The molecule has 18 heavy (non-hydrogen) atoms. The van der Waals surface area contributed by atoms with Gasteiger partial charge in [0, 0.05) is 6.54 Å². The zero-order valence-electron chi connectivity index (χ0n) is 13.4. The molecule has 0 aliphatic rings. The Morgan fingerprint density at radius 3 is 1.22 bits per heavy atom. The molecule has 0 aromatic heterocycles. The molecule has 4 heteroatoms. The van der Waals surface area contributed by atoms with Crippen molar-refractivity contribution in [2.75, 3.05) is 45.8 Å². The minimum absolute atomic E-state index is 0.348. The molecule has 0 unspecified atom stereocenters. The van der Waals surface area contributed by atoms with Crippen molar-refractivity contribution < 1.29 is 0 Å². The summed E-state index contributed by atoms with van der Waals surface area (Å²) in [5.41, 5.74) is 6.79. The largest absolute Gasteiger partial charge is 0.299 e. The molecule has 0 atom stereocenters. The van der Waals surface area contributed by atoms with Gasteiger partial charge in [-0.1, -0.05) is 41.5 Å². The lowest BCUT2D eigenvalue weighted by Crippen LogP contribution is -2.71. The number of nitrogens with two attached hydrogens (primary N) is 1. The molecular weight excluding hydrogens is 224 g/mol. The fraction of sp³-hybridized carbons (Fsp3) is 1.00. The van der Waals surface area contributed by atoms with Crippen LogP contribution in [0.1, 0.15) is 41.5 Å². The first-order valence-electron chi connectivity index (χ1n) is 7.55. The van der Waals surface area contributed by atoms with Gasteiger partial charge in [0.05, 0.1) is 0 Å². The molecule has 0 aromatic rings. The summed E-state index contributed by atoms with van der Waals surface area (Å²) < 4.78 is 0. The molecule has 4 nitrogen and oxygen atoms in total. The summed E-state index contributed by atoms with van der Waals surface area (Å²) in [5.74, 6) is -0.348. The van der Waals surface area contributed by atoms with E-state index in [1.807, 2.05) is 0 Å². The van der Waals surface area contributed by atoms with Crippen molar-refractivity contribution in [3.8, 4) is 0 Å². The molecule has 110 valence electrons. The highest BCUT2D eigenvalue weighted by molar-refractivity contribution is 4.86. The Kier molecular flexibility index (Phi) is 8.78. The Morgan fingerprint density at radius 1 is 0.667 bits per heavy atom. The minimum atomic E-state index is -0.348. The summed E-state index contributed by atoms with van der Waals surface area (Å²) in [7, 11) is 0. The number of nitrogens with zero attached hydrogens (tertiary/aromatic N) is 3. The summed E-state index contributed by atoms with van der Waals surface area (Å²) in [6, 6.07) is 0. The van der Waals surface area contributed by atoms with E-state index in [2.05, 4.69) is 56.2 Å². The second kappa shape index (κ2) is 8.86. The van der Waals surface area contributed by atoms with E-state index in [0.29, 0.717) is 0 Å². The first-order valence-corrected chi connectivity index (χ1v) is 7.55. The zero-order valence-corrected chi connectivity index (χ0v) is 13.4. The van der Waals surface area contributed by atoms with E-state index in [-0.39, 0.29) is 5.79 Å². The molecule has 0 fully saturated rings. The monoisotopic (exact) mass is 258 g/mol. The van der Waals surface area contributed by atoms with Crippen molar-refractivity contribution in [2.45, 2.75) is 47.3 Å². The van der Waals surface area contributed by atoms with Crippen LogP contribution in [0, 0.1) is 0 Å². The van der Waals surface area contributed by atoms with Gasteiger partial charge in [0.15, 0.2) is 0 Å². The maximum absolute atomic E-state index is 6.79. The fourth-order valence-corrected chi connectivity index (χ4v) is 2.72. The van der Waals surface area contributed by atoms with Crippen LogP contribution in [0.5, 0.6) is 0 Å². The maximum atomic E-state index is 6.79. The van der Waals surface area contributed by atoms with Crippen molar-refractivity contribution in [3.05, 3.63) is 0 Å². The predicted octanol–water partition coefficient (Wildman–Crippen LogP) is 1.62. The van der Waals surface area contributed by atoms with E-state index in [1.165, 1.54) is 0 Å². The molecule has 0 aliphatic heterocycles. The molecule has 0 spiro atoms. The number of rotatable bonds is 10. The summed E-state index contributed by atoms with van der Waals surface area (Å²) in [6.45, 7) is 20.1. The second-order valence-electron chi connectivity index (χ2n) is 4.68. The van der Waals surface area contributed by atoms with E-state index < -0.39 is 0 Å². The Bertz CT molecular complexity index is 184. The third-order valence-electron chi connectivity index (χ3n) is 3.97. The predicted molar refractivity (Wildman–Crippen MR) is 80.5 cm³/mol. The van der Waals surface area contributed by atoms with Crippen LogP contribution in [-0.2, 0) is 0 Å². The van der Waals surface area contributed by atoms with Crippen molar-refractivity contribution in [3.63, 3.8) is 0 Å². The number of hydrogen-bond acceptors (Lipinski definition) is 4. The van der Waals surface area contributed by atoms with Crippen LogP contribution in [-0.4, -0.2) is 66.3 Å². The topological polar surface area (TPSA) is 35.7 Å². The van der Waals surface area contributed by atoms with Crippen LogP contribution in [0.4, 0.5) is 0 Å². The molecule has 0 aromatic carbocycles. The summed E-state index contributed by atoms with van der Waals surface area (Å²) in [5, 5.41) is 0. The minimum Gasteiger partial charge on any atom is -0.299 e. The molecular formula is C14H34N4. The summed E-state index contributed by atoms with van der Waals surface area (Å²) in [6.07, 6.45) is 0. The van der Waals surface area contributed by atoms with Crippen molar-refractivity contribution in [2.24, 2.45) is 5.73 Å². The Hall–Kier alpha value is -0.160. The molecule has 0 saturated heterocycles. The van der Waals surface area contributed by atoms with Gasteiger partial charge in [-0.05, 0) is 39.3 Å². The van der Waals surface area contributed by atoms with E-state index in [4.69, 9.17) is 5.73 Å². The fourth-order valence-electron chi connectivity index (χ4n) is 2.72. The van der Waals surface area contributed by atoms with Gasteiger partial charge in [-0.3, -0.25) is 20.4 Å². The second-order valence-corrected chi connectivity index (χ2v) is 4.68. The van der Waals surface area contributed by atoms with Gasteiger partial charge in [0.1, 0.15) is 5.79 Å². The summed E-state index contributed by atoms with van der Waals surface area (Å²) in [4.78, 5) is 7.16. The number of likely N-dealkylation sites (N-methyl/N-ethyl adjacent to an activating group) is 3. The van der Waals surface area contributed by atoms with E-state index >= 15 is 0 Å². The highest BCUT2D eigenvalue weighted by Gasteiger charge is 2.36. The molecule has 0 heterocycles. The number of hydrogen-bond donors (Lipinski definition) is 1. The molecule has 0 radical (unpaired) electrons. The summed E-state index contributed by atoms with van der Waals surface area (Å²) >= 11 is 0. The van der Waals surface area contributed by atoms with Gasteiger partial charge >= 0.3 is 0 Å². The average Bonchev–Trinajstić information content (AvgIpc) is 2.38. The lowest BCUT2D eigenvalue weighted by Gasteiger charge is -2.49. The SMILES string of the molecule is CCN(CC)CC(N)(N(CC)CC)N(CC)CC. The van der Waals surface area contributed by atoms with Crippen LogP contribution in [0.15, 0.2) is 0 Å². The lowest BCUT2D eigenvalue weighted by molar-refractivity contribution is -0.0667. The van der Waals surface area contributed by atoms with Gasteiger partial charge < -0.3 is 0 Å². The van der Waals surface area contributed by atoms with E-state index in [0.717, 1.165) is 45.8 Å². The molecule has 0 rings (SSSR count). The third-order valence-corrected chi connectivity index (χ3v) is 3.97. The van der Waals surface area contributed by atoms with Gasteiger partial charge in [-0.25, -0.2) is 0 Å². The van der Waals surface area contributed by atoms with Crippen LogP contribution in [0.2, 0.25) is 0 Å². The van der Waals surface area contributed by atoms with E-state index in [1.54, 1.807) is 0 Å². The third kappa shape index (κ3) is 4.19. The van der Waals surface area contributed by atoms with E-state index in [9.17, 15) is 0 Å². The van der Waals surface area contributed by atoms with Crippen molar-refractivity contribution in [1.29, 1.82) is 0 Å². The standard InChI is InChI=1S/C14H34N4/c1-7-16(8-2)13-14(15,17(9-3)10-4)18(11-5)12-6/h7-13,15H2,1-6H3. The molecule has 0 aliphatic carbocycles. The normalized spacial score (nSPS) is 13.0. The van der Waals surface area contributed by atoms with Gasteiger partial charge in [-0.15, -0.1) is 0 Å². The van der Waals surface area contributed by atoms with Gasteiger partial charge in [-0.2, -0.15) is 0 Å². The quantitative estimate of drug-likeness (QED) is 0.604. The molecule has 0 bridgehead atoms. The van der Waals surface area contributed by atoms with Crippen LogP contribution < -0.4 is 5.73 Å². The Balaban J connectivity index is 5.11. The lowest BCUT2D eigenvalue weighted by atomic mass is 10.2. The average molecular weight is 258 g/mol.